The van der Waals surface area contributed by atoms with Gasteiger partial charge in [-0.2, -0.15) is 0 Å². The van der Waals surface area contributed by atoms with Gasteiger partial charge in [0.15, 0.2) is 6.61 Å². The van der Waals surface area contributed by atoms with E-state index in [0.29, 0.717) is 17.2 Å². The first-order valence-electron chi connectivity index (χ1n) is 10.4. The molecule has 2 bridgehead atoms. The average molecular weight is 430 g/mol. The van der Waals surface area contributed by atoms with Crippen LogP contribution in [0.15, 0.2) is 18.2 Å². The van der Waals surface area contributed by atoms with Crippen LogP contribution in [0.3, 0.4) is 0 Å². The van der Waals surface area contributed by atoms with Crippen molar-refractivity contribution in [2.75, 3.05) is 26.1 Å². The van der Waals surface area contributed by atoms with Crippen LogP contribution in [0.25, 0.3) is 0 Å². The lowest BCUT2D eigenvalue weighted by Gasteiger charge is -2.23. The number of benzene rings is 1. The second-order valence-electron chi connectivity index (χ2n) is 8.33. The number of carbonyl (C=O) groups is 4. The van der Waals surface area contributed by atoms with E-state index in [1.54, 1.807) is 18.2 Å². The first-order chi connectivity index (χ1) is 14.8. The van der Waals surface area contributed by atoms with Crippen molar-refractivity contribution in [3.8, 4) is 11.5 Å². The van der Waals surface area contributed by atoms with Crippen molar-refractivity contribution in [2.45, 2.75) is 32.2 Å². The first-order valence-corrected chi connectivity index (χ1v) is 10.4. The van der Waals surface area contributed by atoms with Gasteiger partial charge >= 0.3 is 5.97 Å². The Kier molecular flexibility index (Phi) is 5.60. The van der Waals surface area contributed by atoms with Gasteiger partial charge in [0.2, 0.25) is 11.8 Å². The first kappa shape index (κ1) is 21.1. The van der Waals surface area contributed by atoms with Crippen LogP contribution in [-0.4, -0.2) is 55.5 Å². The van der Waals surface area contributed by atoms with E-state index in [9.17, 15) is 19.2 Å². The minimum absolute atomic E-state index is 0.241. The Morgan fingerprint density at radius 2 is 1.74 bits per heavy atom. The molecule has 3 fully saturated rings. The number of carbonyl (C=O) groups excluding carboxylic acids is 4. The fourth-order valence-electron chi connectivity index (χ4n) is 5.26. The van der Waals surface area contributed by atoms with Gasteiger partial charge in [0.1, 0.15) is 17.5 Å². The lowest BCUT2D eigenvalue weighted by Crippen LogP contribution is -2.45. The molecule has 3 aliphatic rings. The van der Waals surface area contributed by atoms with E-state index in [1.165, 1.54) is 21.1 Å². The number of esters is 1. The molecule has 31 heavy (non-hydrogen) atoms. The fourth-order valence-corrected chi connectivity index (χ4v) is 5.26. The number of anilines is 1. The minimum Gasteiger partial charge on any atom is -0.497 e. The summed E-state index contributed by atoms with van der Waals surface area (Å²) in [4.78, 5) is 51.4. The van der Waals surface area contributed by atoms with Crippen molar-refractivity contribution >= 4 is 29.4 Å². The number of nitrogens with zero attached hydrogens (tertiary/aromatic N) is 1. The van der Waals surface area contributed by atoms with Crippen molar-refractivity contribution in [1.82, 2.24) is 4.90 Å². The standard InChI is InChI=1S/C22H26N2O7/c1-11(24-20(26)18-12-4-5-13(8-12)19(18)21(24)27)22(28)31-10-17(25)23-15-7-6-14(29-2)9-16(15)30-3/h6-7,9,11-13,18-19H,4-5,8,10H2,1-3H3,(H,23,25)/t11-,12-,13-,18-,19+/m0/s1. The van der Waals surface area contributed by atoms with Crippen LogP contribution in [0.2, 0.25) is 0 Å². The number of rotatable bonds is 7. The van der Waals surface area contributed by atoms with E-state index in [0.717, 1.165) is 24.2 Å². The lowest BCUT2D eigenvalue weighted by molar-refractivity contribution is -0.159. The van der Waals surface area contributed by atoms with E-state index >= 15 is 0 Å². The number of hydrogen-bond acceptors (Lipinski definition) is 7. The van der Waals surface area contributed by atoms with Gasteiger partial charge in [0.25, 0.3) is 5.91 Å². The zero-order valence-corrected chi connectivity index (χ0v) is 17.8. The maximum Gasteiger partial charge on any atom is 0.329 e. The van der Waals surface area contributed by atoms with Crippen LogP contribution in [0.5, 0.6) is 11.5 Å². The molecule has 1 saturated heterocycles. The number of amides is 3. The Balaban J connectivity index is 1.34. The molecule has 1 aromatic rings. The van der Waals surface area contributed by atoms with Crippen molar-refractivity contribution in [3.63, 3.8) is 0 Å². The Morgan fingerprint density at radius 1 is 1.10 bits per heavy atom. The largest absolute Gasteiger partial charge is 0.497 e. The molecule has 3 amide bonds. The highest BCUT2D eigenvalue weighted by molar-refractivity contribution is 6.08. The predicted molar refractivity (Wildman–Crippen MR) is 108 cm³/mol. The molecule has 0 radical (unpaired) electrons. The number of hydrogen-bond donors (Lipinski definition) is 1. The number of nitrogens with one attached hydrogen (secondary N) is 1. The monoisotopic (exact) mass is 430 g/mol. The van der Waals surface area contributed by atoms with E-state index in [-0.39, 0.29) is 35.5 Å². The highest BCUT2D eigenvalue weighted by atomic mass is 16.5. The Labute approximate surface area is 180 Å². The molecule has 0 spiro atoms. The number of likely N-dealkylation sites (tertiary alicyclic amines) is 1. The van der Waals surface area contributed by atoms with Crippen LogP contribution in [0.1, 0.15) is 26.2 Å². The molecule has 9 heteroatoms. The molecular formula is C22H26N2O7. The molecule has 166 valence electrons. The summed E-state index contributed by atoms with van der Waals surface area (Å²) in [6.45, 7) is 0.915. The third kappa shape index (κ3) is 3.62. The molecule has 2 saturated carbocycles. The smallest absolute Gasteiger partial charge is 0.329 e. The van der Waals surface area contributed by atoms with Crippen LogP contribution >= 0.6 is 0 Å². The van der Waals surface area contributed by atoms with Gasteiger partial charge in [-0.3, -0.25) is 19.3 Å². The summed E-state index contributed by atoms with van der Waals surface area (Å²) in [6, 6.07) is 3.81. The second kappa shape index (κ2) is 8.20. The molecular weight excluding hydrogens is 404 g/mol. The Bertz CT molecular complexity index is 902. The Hall–Kier alpha value is -3.10. The molecule has 4 rings (SSSR count). The fraction of sp³-hybridized carbons (Fsp3) is 0.545. The molecule has 9 nitrogen and oxygen atoms in total. The molecule has 1 heterocycles. The van der Waals surface area contributed by atoms with Crippen LogP contribution < -0.4 is 14.8 Å². The maximum absolute atomic E-state index is 12.8. The van der Waals surface area contributed by atoms with E-state index in [1.807, 2.05) is 0 Å². The molecule has 2 aliphatic carbocycles. The number of fused-ring (bicyclic) bond motifs is 5. The van der Waals surface area contributed by atoms with Crippen molar-refractivity contribution in [1.29, 1.82) is 0 Å². The molecule has 1 aromatic carbocycles. The highest BCUT2D eigenvalue weighted by Crippen LogP contribution is 2.56. The summed E-state index contributed by atoms with van der Waals surface area (Å²) in [5.41, 5.74) is 0.394. The van der Waals surface area contributed by atoms with Gasteiger partial charge < -0.3 is 19.5 Å². The number of imide groups is 1. The maximum atomic E-state index is 12.8. The number of ether oxygens (including phenoxy) is 3. The Morgan fingerprint density at radius 3 is 2.32 bits per heavy atom. The average Bonchev–Trinajstić information content (AvgIpc) is 3.45. The topological polar surface area (TPSA) is 111 Å². The normalized spacial score (nSPS) is 27.1. The third-order valence-corrected chi connectivity index (χ3v) is 6.72. The van der Waals surface area contributed by atoms with Gasteiger partial charge in [-0.1, -0.05) is 0 Å². The van der Waals surface area contributed by atoms with Crippen molar-refractivity contribution in [2.24, 2.45) is 23.7 Å². The van der Waals surface area contributed by atoms with Gasteiger partial charge in [0.05, 0.1) is 31.7 Å². The summed E-state index contributed by atoms with van der Waals surface area (Å²) in [5, 5.41) is 2.60. The zero-order valence-electron chi connectivity index (χ0n) is 17.8. The third-order valence-electron chi connectivity index (χ3n) is 6.72. The SMILES string of the molecule is COc1ccc(NC(=O)COC(=O)[C@H](C)N2C(=O)[C@@H]3[C@H]4CC[C@@H](C4)[C@@H]3C2=O)c(OC)c1. The summed E-state index contributed by atoms with van der Waals surface area (Å²) in [5.74, 6) is -1.08. The van der Waals surface area contributed by atoms with Gasteiger partial charge in [-0.05, 0) is 50.2 Å². The van der Waals surface area contributed by atoms with Crippen LogP contribution in [0.4, 0.5) is 5.69 Å². The summed E-state index contributed by atoms with van der Waals surface area (Å²) in [6.07, 6.45) is 2.85. The molecule has 5 atom stereocenters. The molecule has 0 aromatic heterocycles. The molecule has 1 N–H and O–H groups in total. The van der Waals surface area contributed by atoms with E-state index in [4.69, 9.17) is 14.2 Å². The van der Waals surface area contributed by atoms with Gasteiger partial charge in [-0.15, -0.1) is 0 Å². The molecule has 0 unspecified atom stereocenters. The van der Waals surface area contributed by atoms with Crippen molar-refractivity contribution in [3.05, 3.63) is 18.2 Å². The summed E-state index contributed by atoms with van der Waals surface area (Å²) in [7, 11) is 2.97. The highest BCUT2D eigenvalue weighted by Gasteiger charge is 2.62. The minimum atomic E-state index is -1.06. The summed E-state index contributed by atoms with van der Waals surface area (Å²) < 4.78 is 15.4. The van der Waals surface area contributed by atoms with E-state index in [2.05, 4.69) is 5.32 Å². The van der Waals surface area contributed by atoms with E-state index < -0.39 is 24.5 Å². The van der Waals surface area contributed by atoms with Crippen molar-refractivity contribution < 1.29 is 33.4 Å². The zero-order chi connectivity index (χ0) is 22.3. The quantitative estimate of drug-likeness (QED) is 0.517. The van der Waals surface area contributed by atoms with Crippen LogP contribution in [0, 0.1) is 23.7 Å². The number of methoxy groups -OCH3 is 2. The summed E-state index contributed by atoms with van der Waals surface area (Å²) >= 11 is 0. The van der Waals surface area contributed by atoms with Crippen LogP contribution in [-0.2, 0) is 23.9 Å². The van der Waals surface area contributed by atoms with Gasteiger partial charge in [0, 0.05) is 6.07 Å². The second-order valence-corrected chi connectivity index (χ2v) is 8.33. The molecule has 1 aliphatic heterocycles. The lowest BCUT2D eigenvalue weighted by atomic mass is 9.81. The van der Waals surface area contributed by atoms with Gasteiger partial charge in [-0.25, -0.2) is 4.79 Å². The predicted octanol–water partition coefficient (Wildman–Crippen LogP) is 1.61.